The fourth-order valence-corrected chi connectivity index (χ4v) is 4.20. The van der Waals surface area contributed by atoms with E-state index in [9.17, 15) is 4.79 Å². The van der Waals surface area contributed by atoms with E-state index < -0.39 is 5.41 Å². The van der Waals surface area contributed by atoms with Gasteiger partial charge in [-0.3, -0.25) is 9.69 Å². The Morgan fingerprint density at radius 1 is 1.10 bits per heavy atom. The van der Waals surface area contributed by atoms with Crippen molar-refractivity contribution in [2.24, 2.45) is 11.1 Å². The minimum absolute atomic E-state index is 0.204. The minimum atomic E-state index is -0.494. The smallest absolute Gasteiger partial charge is 0.235 e. The van der Waals surface area contributed by atoms with Gasteiger partial charge in [-0.15, -0.1) is 0 Å². The lowest BCUT2D eigenvalue weighted by Crippen LogP contribution is -2.54. The van der Waals surface area contributed by atoms with Gasteiger partial charge in [0.15, 0.2) is 0 Å². The van der Waals surface area contributed by atoms with Crippen molar-refractivity contribution in [1.29, 1.82) is 0 Å². The van der Waals surface area contributed by atoms with E-state index in [2.05, 4.69) is 4.90 Å². The van der Waals surface area contributed by atoms with Gasteiger partial charge in [-0.05, 0) is 45.2 Å². The second-order valence-corrected chi connectivity index (χ2v) is 7.03. The van der Waals surface area contributed by atoms with E-state index >= 15 is 0 Å². The van der Waals surface area contributed by atoms with Crippen LogP contribution in [0, 0.1) is 5.41 Å². The number of amides is 1. The lowest BCUT2D eigenvalue weighted by molar-refractivity contribution is -0.141. The molecule has 1 saturated carbocycles. The fourth-order valence-electron chi connectivity index (χ4n) is 3.91. The van der Waals surface area contributed by atoms with Crippen LogP contribution in [-0.4, -0.2) is 52.9 Å². The molecule has 1 unspecified atom stereocenters. The number of hydrogen-bond donors (Lipinski definition) is 1. The zero-order valence-corrected chi connectivity index (χ0v) is 13.0. The summed E-state index contributed by atoms with van der Waals surface area (Å²) in [6.45, 7) is 4.16. The van der Waals surface area contributed by atoms with Crippen LogP contribution >= 0.6 is 12.2 Å². The van der Waals surface area contributed by atoms with Crippen molar-refractivity contribution in [3.05, 3.63) is 0 Å². The van der Waals surface area contributed by atoms with Crippen LogP contribution in [0.15, 0.2) is 0 Å². The number of thiocarbonyl (C=S) groups is 1. The standard InChI is InChI=1S/C15H25N3OS/c16-13(20)15(6-4-7-15)14(19)18-10-5-12(11-18)17-8-2-1-3-9-17/h12H,1-11H2,(H2,16,20). The molecule has 1 aliphatic carbocycles. The van der Waals surface area contributed by atoms with Gasteiger partial charge in [-0.1, -0.05) is 25.1 Å². The lowest BCUT2D eigenvalue weighted by atomic mass is 9.67. The van der Waals surface area contributed by atoms with Crippen molar-refractivity contribution in [3.63, 3.8) is 0 Å². The Hall–Kier alpha value is -0.680. The van der Waals surface area contributed by atoms with Gasteiger partial charge in [0, 0.05) is 19.1 Å². The molecule has 20 heavy (non-hydrogen) atoms. The summed E-state index contributed by atoms with van der Waals surface area (Å²) in [7, 11) is 0. The van der Waals surface area contributed by atoms with Crippen molar-refractivity contribution in [2.75, 3.05) is 26.2 Å². The van der Waals surface area contributed by atoms with Crippen molar-refractivity contribution in [1.82, 2.24) is 9.80 Å². The summed E-state index contributed by atoms with van der Waals surface area (Å²) in [5.74, 6) is 0.204. The molecule has 4 nitrogen and oxygen atoms in total. The first-order valence-electron chi connectivity index (χ1n) is 7.97. The fraction of sp³-hybridized carbons (Fsp3) is 0.867. The van der Waals surface area contributed by atoms with Crippen molar-refractivity contribution in [3.8, 4) is 0 Å². The first-order chi connectivity index (χ1) is 9.63. The summed E-state index contributed by atoms with van der Waals surface area (Å²) in [5.41, 5.74) is 5.36. The summed E-state index contributed by atoms with van der Waals surface area (Å²) >= 11 is 5.17. The molecule has 0 aromatic rings. The van der Waals surface area contributed by atoms with E-state index in [-0.39, 0.29) is 5.91 Å². The number of carbonyl (C=O) groups excluding carboxylic acids is 1. The number of hydrogen-bond acceptors (Lipinski definition) is 3. The third kappa shape index (κ3) is 2.35. The molecule has 0 bridgehead atoms. The van der Waals surface area contributed by atoms with Crippen LogP contribution < -0.4 is 5.73 Å². The maximum atomic E-state index is 12.8. The van der Waals surface area contributed by atoms with Crippen molar-refractivity contribution >= 4 is 23.1 Å². The Balaban J connectivity index is 1.61. The Bertz CT molecular complexity index is 402. The Kier molecular flexibility index (Phi) is 4.00. The molecule has 3 rings (SSSR count). The van der Waals surface area contributed by atoms with Gasteiger partial charge in [0.1, 0.15) is 0 Å². The normalized spacial score (nSPS) is 30.0. The summed E-state index contributed by atoms with van der Waals surface area (Å²) in [5, 5.41) is 0. The molecule has 2 N–H and O–H groups in total. The van der Waals surface area contributed by atoms with Gasteiger partial charge >= 0.3 is 0 Å². The highest BCUT2D eigenvalue weighted by Crippen LogP contribution is 2.43. The van der Waals surface area contributed by atoms with Crippen LogP contribution in [0.1, 0.15) is 44.9 Å². The van der Waals surface area contributed by atoms with E-state index in [4.69, 9.17) is 18.0 Å². The second-order valence-electron chi connectivity index (χ2n) is 6.59. The van der Waals surface area contributed by atoms with Crippen LogP contribution in [-0.2, 0) is 4.79 Å². The van der Waals surface area contributed by atoms with Gasteiger partial charge in [0.05, 0.1) is 10.4 Å². The number of carbonyl (C=O) groups is 1. The number of piperidine rings is 1. The molecule has 3 aliphatic rings. The summed E-state index contributed by atoms with van der Waals surface area (Å²) in [4.78, 5) is 17.8. The molecule has 2 saturated heterocycles. The molecular formula is C15H25N3OS. The predicted molar refractivity (Wildman–Crippen MR) is 83.5 cm³/mol. The number of rotatable bonds is 3. The topological polar surface area (TPSA) is 49.6 Å². The zero-order valence-electron chi connectivity index (χ0n) is 12.1. The summed E-state index contributed by atoms with van der Waals surface area (Å²) < 4.78 is 0. The van der Waals surface area contributed by atoms with Crippen LogP contribution in [0.3, 0.4) is 0 Å². The van der Waals surface area contributed by atoms with Crippen molar-refractivity contribution < 1.29 is 4.79 Å². The first kappa shape index (κ1) is 14.3. The monoisotopic (exact) mass is 295 g/mol. The predicted octanol–water partition coefficient (Wildman–Crippen LogP) is 1.53. The Labute approximate surface area is 126 Å². The molecule has 1 atom stereocenters. The number of nitrogens with two attached hydrogens (primary N) is 1. The molecule has 3 fully saturated rings. The molecule has 0 radical (unpaired) electrons. The average Bonchev–Trinajstić information content (AvgIpc) is 2.87. The van der Waals surface area contributed by atoms with E-state index in [1.165, 1.54) is 32.4 Å². The Morgan fingerprint density at radius 2 is 1.80 bits per heavy atom. The zero-order chi connectivity index (χ0) is 14.2. The molecule has 0 aromatic heterocycles. The van der Waals surface area contributed by atoms with Gasteiger partial charge in [0.25, 0.3) is 0 Å². The SMILES string of the molecule is NC(=S)C1(C(=O)N2CCC(N3CCCCC3)C2)CCC1. The third-order valence-corrected chi connectivity index (χ3v) is 5.84. The molecular weight excluding hydrogens is 270 g/mol. The van der Waals surface area contributed by atoms with Crippen LogP contribution in [0.2, 0.25) is 0 Å². The van der Waals surface area contributed by atoms with Gasteiger partial charge in [-0.25, -0.2) is 0 Å². The highest BCUT2D eigenvalue weighted by atomic mass is 32.1. The van der Waals surface area contributed by atoms with E-state index in [1.54, 1.807) is 0 Å². The molecule has 2 aliphatic heterocycles. The quantitative estimate of drug-likeness (QED) is 0.802. The average molecular weight is 295 g/mol. The maximum absolute atomic E-state index is 12.8. The van der Waals surface area contributed by atoms with E-state index in [0.29, 0.717) is 11.0 Å². The summed E-state index contributed by atoms with van der Waals surface area (Å²) in [6, 6.07) is 0.558. The van der Waals surface area contributed by atoms with Crippen LogP contribution in [0.25, 0.3) is 0 Å². The number of likely N-dealkylation sites (tertiary alicyclic amines) is 2. The van der Waals surface area contributed by atoms with E-state index in [1.807, 2.05) is 4.90 Å². The molecule has 2 heterocycles. The first-order valence-corrected chi connectivity index (χ1v) is 8.38. The van der Waals surface area contributed by atoms with Crippen molar-refractivity contribution in [2.45, 2.75) is 51.0 Å². The lowest BCUT2D eigenvalue weighted by Gasteiger charge is -2.42. The number of nitrogens with zero attached hydrogens (tertiary/aromatic N) is 2. The Morgan fingerprint density at radius 3 is 2.35 bits per heavy atom. The largest absolute Gasteiger partial charge is 0.392 e. The minimum Gasteiger partial charge on any atom is -0.392 e. The summed E-state index contributed by atoms with van der Waals surface area (Å²) in [6.07, 6.45) is 7.86. The second kappa shape index (κ2) is 5.60. The van der Waals surface area contributed by atoms with Crippen LogP contribution in [0.4, 0.5) is 0 Å². The van der Waals surface area contributed by atoms with Crippen LogP contribution in [0.5, 0.6) is 0 Å². The molecule has 5 heteroatoms. The maximum Gasteiger partial charge on any atom is 0.235 e. The van der Waals surface area contributed by atoms with Gasteiger partial charge in [-0.2, -0.15) is 0 Å². The third-order valence-electron chi connectivity index (χ3n) is 5.45. The highest BCUT2D eigenvalue weighted by Gasteiger charge is 2.50. The molecule has 1 amide bonds. The van der Waals surface area contributed by atoms with E-state index in [0.717, 1.165) is 38.8 Å². The van der Waals surface area contributed by atoms with Gasteiger partial charge in [0.2, 0.25) is 5.91 Å². The molecule has 0 aromatic carbocycles. The molecule has 112 valence electrons. The highest BCUT2D eigenvalue weighted by molar-refractivity contribution is 7.80. The van der Waals surface area contributed by atoms with Gasteiger partial charge < -0.3 is 10.6 Å². The molecule has 0 spiro atoms.